The van der Waals surface area contributed by atoms with Crippen LogP contribution in [0.15, 0.2) is 36.9 Å². The fraction of sp³-hybridized carbons (Fsp3) is 0.529. The van der Waals surface area contributed by atoms with Gasteiger partial charge in [0, 0.05) is 12.6 Å². The molecule has 1 aliphatic carbocycles. The third kappa shape index (κ3) is 1.57. The van der Waals surface area contributed by atoms with E-state index < -0.39 is 0 Å². The van der Waals surface area contributed by atoms with E-state index in [1.807, 2.05) is 0 Å². The highest BCUT2D eigenvalue weighted by Crippen LogP contribution is 2.48. The predicted octanol–water partition coefficient (Wildman–Crippen LogP) is 3.40. The van der Waals surface area contributed by atoms with Gasteiger partial charge in [-0.2, -0.15) is 0 Å². The number of hydrogen-bond acceptors (Lipinski definition) is 1. The van der Waals surface area contributed by atoms with E-state index >= 15 is 0 Å². The van der Waals surface area contributed by atoms with Gasteiger partial charge >= 0.3 is 0 Å². The monoisotopic (exact) mass is 241 g/mol. The van der Waals surface area contributed by atoms with E-state index in [0.717, 1.165) is 12.5 Å². The van der Waals surface area contributed by atoms with Crippen LogP contribution in [0, 0.1) is 5.92 Å². The van der Waals surface area contributed by atoms with E-state index in [-0.39, 0.29) is 0 Å². The molecule has 1 heterocycles. The van der Waals surface area contributed by atoms with Crippen molar-refractivity contribution in [2.75, 3.05) is 13.1 Å². The van der Waals surface area contributed by atoms with Gasteiger partial charge in [0.1, 0.15) is 0 Å². The molecule has 0 saturated carbocycles. The number of likely N-dealkylation sites (tertiary alicyclic amines) is 1. The lowest BCUT2D eigenvalue weighted by atomic mass is 9.59. The highest BCUT2D eigenvalue weighted by Gasteiger charge is 2.47. The smallest absolute Gasteiger partial charge is 0.0173 e. The second kappa shape index (κ2) is 4.24. The minimum atomic E-state index is 0.372. The molecule has 1 fully saturated rings. The summed E-state index contributed by atoms with van der Waals surface area (Å²) in [5.41, 5.74) is 3.54. The maximum absolute atomic E-state index is 3.91. The summed E-state index contributed by atoms with van der Waals surface area (Å²) in [7, 11) is 0. The van der Waals surface area contributed by atoms with Gasteiger partial charge < -0.3 is 0 Å². The van der Waals surface area contributed by atoms with Crippen molar-refractivity contribution in [1.82, 2.24) is 4.90 Å². The minimum absolute atomic E-state index is 0.372. The molecule has 1 nitrogen and oxygen atoms in total. The third-order valence-corrected chi connectivity index (χ3v) is 5.39. The maximum Gasteiger partial charge on any atom is 0.0173 e. The molecule has 0 spiro atoms. The molecule has 96 valence electrons. The number of rotatable bonds is 2. The zero-order chi connectivity index (χ0) is 12.8. The Morgan fingerprint density at radius 1 is 1.44 bits per heavy atom. The van der Waals surface area contributed by atoms with Crippen LogP contribution in [0.4, 0.5) is 0 Å². The highest BCUT2D eigenvalue weighted by molar-refractivity contribution is 5.39. The van der Waals surface area contributed by atoms with Crippen molar-refractivity contribution in [3.63, 3.8) is 0 Å². The first-order chi connectivity index (χ1) is 8.66. The van der Waals surface area contributed by atoms with Crippen LogP contribution in [0.3, 0.4) is 0 Å². The summed E-state index contributed by atoms with van der Waals surface area (Å²) in [6.07, 6.45) is 4.53. The number of benzene rings is 1. The standard InChI is InChI=1S/C17H23N/c1-4-10-18-11-9-17(3)13(2)16(18)12-14-7-5-6-8-15(14)17/h4-8,13,16H,1,9-12H2,2-3H3/t13-,16-,17-/m1/s1. The Bertz CT molecular complexity index is 464. The molecular formula is C17H23N. The molecule has 0 radical (unpaired) electrons. The lowest BCUT2D eigenvalue weighted by Gasteiger charge is -2.54. The van der Waals surface area contributed by atoms with Crippen LogP contribution in [0.1, 0.15) is 31.4 Å². The van der Waals surface area contributed by atoms with Gasteiger partial charge in [0.25, 0.3) is 0 Å². The van der Waals surface area contributed by atoms with Gasteiger partial charge in [0.05, 0.1) is 0 Å². The fourth-order valence-electron chi connectivity index (χ4n) is 4.07. The topological polar surface area (TPSA) is 3.24 Å². The molecule has 2 aliphatic rings. The largest absolute Gasteiger partial charge is 0.296 e. The summed E-state index contributed by atoms with van der Waals surface area (Å²) in [6.45, 7) is 11.1. The number of piperidine rings is 1. The van der Waals surface area contributed by atoms with Crippen LogP contribution in [0.5, 0.6) is 0 Å². The van der Waals surface area contributed by atoms with Gasteiger partial charge in [0.15, 0.2) is 0 Å². The first-order valence-corrected chi connectivity index (χ1v) is 7.10. The molecule has 1 aromatic carbocycles. The van der Waals surface area contributed by atoms with E-state index in [9.17, 15) is 0 Å². The summed E-state index contributed by atoms with van der Waals surface area (Å²) in [4.78, 5) is 2.62. The van der Waals surface area contributed by atoms with Gasteiger partial charge in [-0.15, -0.1) is 6.58 Å². The van der Waals surface area contributed by atoms with Gasteiger partial charge in [-0.1, -0.05) is 44.2 Å². The molecule has 18 heavy (non-hydrogen) atoms. The Balaban J connectivity index is 2.04. The molecule has 0 N–H and O–H groups in total. The minimum Gasteiger partial charge on any atom is -0.296 e. The number of fused-ring (bicyclic) bond motifs is 4. The van der Waals surface area contributed by atoms with E-state index in [1.165, 1.54) is 19.4 Å². The van der Waals surface area contributed by atoms with Crippen LogP contribution in [0.25, 0.3) is 0 Å². The zero-order valence-corrected chi connectivity index (χ0v) is 11.5. The Kier molecular flexibility index (Phi) is 2.82. The number of hydrogen-bond donors (Lipinski definition) is 0. The quantitative estimate of drug-likeness (QED) is 0.717. The van der Waals surface area contributed by atoms with E-state index in [2.05, 4.69) is 55.7 Å². The molecule has 0 unspecified atom stereocenters. The summed E-state index contributed by atoms with van der Waals surface area (Å²) in [5, 5.41) is 0. The van der Waals surface area contributed by atoms with Crippen LogP contribution in [0.2, 0.25) is 0 Å². The first kappa shape index (κ1) is 12.0. The van der Waals surface area contributed by atoms with Crippen molar-refractivity contribution in [1.29, 1.82) is 0 Å². The van der Waals surface area contributed by atoms with E-state index in [4.69, 9.17) is 0 Å². The van der Waals surface area contributed by atoms with E-state index in [0.29, 0.717) is 11.5 Å². The van der Waals surface area contributed by atoms with Gasteiger partial charge in [0.2, 0.25) is 0 Å². The van der Waals surface area contributed by atoms with Crippen molar-refractivity contribution < 1.29 is 0 Å². The predicted molar refractivity (Wildman–Crippen MR) is 76.8 cm³/mol. The summed E-state index contributed by atoms with van der Waals surface area (Å²) in [6, 6.07) is 9.75. The molecule has 3 rings (SSSR count). The highest BCUT2D eigenvalue weighted by atomic mass is 15.2. The Morgan fingerprint density at radius 3 is 3.00 bits per heavy atom. The van der Waals surface area contributed by atoms with Gasteiger partial charge in [-0.25, -0.2) is 0 Å². The fourth-order valence-corrected chi connectivity index (χ4v) is 4.07. The molecule has 3 atom stereocenters. The summed E-state index contributed by atoms with van der Waals surface area (Å²) < 4.78 is 0. The second-order valence-corrected chi connectivity index (χ2v) is 6.17. The number of nitrogens with zero attached hydrogens (tertiary/aromatic N) is 1. The Morgan fingerprint density at radius 2 is 2.22 bits per heavy atom. The van der Waals surface area contributed by atoms with E-state index in [1.54, 1.807) is 11.1 Å². The maximum atomic E-state index is 3.91. The third-order valence-electron chi connectivity index (χ3n) is 5.39. The summed E-state index contributed by atoms with van der Waals surface area (Å²) >= 11 is 0. The Hall–Kier alpha value is -1.08. The van der Waals surface area contributed by atoms with Crippen LogP contribution < -0.4 is 0 Å². The average molecular weight is 241 g/mol. The average Bonchev–Trinajstić information content (AvgIpc) is 2.37. The van der Waals surface area contributed by atoms with Crippen molar-refractivity contribution in [3.8, 4) is 0 Å². The lowest BCUT2D eigenvalue weighted by molar-refractivity contribution is 0.0400. The summed E-state index contributed by atoms with van der Waals surface area (Å²) in [5.74, 6) is 0.737. The first-order valence-electron chi connectivity index (χ1n) is 7.10. The Labute approximate surface area is 111 Å². The van der Waals surface area contributed by atoms with Crippen LogP contribution >= 0.6 is 0 Å². The molecule has 2 bridgehead atoms. The van der Waals surface area contributed by atoms with Gasteiger partial charge in [-0.05, 0) is 41.8 Å². The second-order valence-electron chi connectivity index (χ2n) is 6.17. The molecule has 0 amide bonds. The molecule has 0 aromatic heterocycles. The zero-order valence-electron chi connectivity index (χ0n) is 11.5. The molecular weight excluding hydrogens is 218 g/mol. The van der Waals surface area contributed by atoms with Crippen LogP contribution in [-0.2, 0) is 11.8 Å². The van der Waals surface area contributed by atoms with Crippen molar-refractivity contribution >= 4 is 0 Å². The SMILES string of the molecule is C=CCN1CC[C@@]2(C)c3ccccc3C[C@@H]1[C@H]2C. The normalized spacial score (nSPS) is 35.0. The molecule has 1 heteroatoms. The van der Waals surface area contributed by atoms with Gasteiger partial charge in [-0.3, -0.25) is 4.90 Å². The molecule has 1 aliphatic heterocycles. The van der Waals surface area contributed by atoms with Crippen molar-refractivity contribution in [2.24, 2.45) is 5.92 Å². The molecule has 1 saturated heterocycles. The lowest BCUT2D eigenvalue weighted by Crippen LogP contribution is -2.57. The van der Waals surface area contributed by atoms with Crippen LogP contribution in [-0.4, -0.2) is 24.0 Å². The van der Waals surface area contributed by atoms with Crippen molar-refractivity contribution in [3.05, 3.63) is 48.0 Å². The van der Waals surface area contributed by atoms with Crippen molar-refractivity contribution in [2.45, 2.75) is 38.1 Å². The molecule has 1 aromatic rings.